The molecule has 16 nitrogen and oxygen atoms in total. The number of hydrogen-bond donors (Lipinski definition) is 3. The van der Waals surface area contributed by atoms with Crippen LogP contribution in [0, 0.1) is 0 Å². The molecule has 0 saturated carbocycles. The van der Waals surface area contributed by atoms with Gasteiger partial charge in [-0.3, -0.25) is 19.8 Å². The maximum atomic E-state index is 14.9. The number of hydrogen-bond acceptors (Lipinski definition) is 14. The van der Waals surface area contributed by atoms with Gasteiger partial charge in [0, 0.05) is 32.7 Å². The number of fused-ring (bicyclic) bond motifs is 1. The Balaban J connectivity index is 1.16. The Morgan fingerprint density at radius 2 is 1.36 bits per heavy atom. The number of thiazole rings is 1. The van der Waals surface area contributed by atoms with Crippen molar-refractivity contribution in [1.82, 2.24) is 15.2 Å². The Hall–Kier alpha value is -7.52. The van der Waals surface area contributed by atoms with Crippen LogP contribution in [0.3, 0.4) is 0 Å². The van der Waals surface area contributed by atoms with Crippen molar-refractivity contribution < 1.29 is 41.9 Å². The van der Waals surface area contributed by atoms with Crippen LogP contribution >= 0.6 is 34.9 Å². The molecule has 1 aromatic heterocycles. The third-order valence-electron chi connectivity index (χ3n) is 10.9. The van der Waals surface area contributed by atoms with E-state index >= 15 is 0 Å². The average molecular weight is 1060 g/mol. The monoisotopic (exact) mass is 1060 g/mol. The van der Waals surface area contributed by atoms with Crippen LogP contribution in [0.15, 0.2) is 189 Å². The Morgan fingerprint density at radius 1 is 0.836 bits per heavy atom. The third kappa shape index (κ3) is 12.4. The molecule has 3 amide bonds. The van der Waals surface area contributed by atoms with Crippen LogP contribution in [0.4, 0.5) is 9.93 Å². The van der Waals surface area contributed by atoms with E-state index in [2.05, 4.69) is 25.2 Å². The first-order chi connectivity index (χ1) is 35.0. The summed E-state index contributed by atoms with van der Waals surface area (Å²) in [6.45, 7) is 5.16. The van der Waals surface area contributed by atoms with Crippen LogP contribution in [0.2, 0.25) is 0 Å². The van der Waals surface area contributed by atoms with Gasteiger partial charge in [0.25, 0.3) is 21.8 Å². The smallest absolute Gasteiger partial charge is 0.413 e. The van der Waals surface area contributed by atoms with E-state index < -0.39 is 62.6 Å². The number of nitrogens with zero attached hydrogens (tertiary/aromatic N) is 4. The normalized spacial score (nSPS) is 16.4. The van der Waals surface area contributed by atoms with E-state index in [0.29, 0.717) is 32.7 Å². The Morgan fingerprint density at radius 3 is 1.86 bits per heavy atom. The lowest BCUT2D eigenvalue weighted by atomic mass is 9.80. The summed E-state index contributed by atoms with van der Waals surface area (Å²) in [5, 5.41) is 12.4. The van der Waals surface area contributed by atoms with Crippen molar-refractivity contribution >= 4 is 85.4 Å². The van der Waals surface area contributed by atoms with Crippen molar-refractivity contribution in [3.63, 3.8) is 0 Å². The Labute approximate surface area is 434 Å². The molecule has 0 bridgehead atoms. The molecular formula is C53H49N7O9S4. The second-order valence-electron chi connectivity index (χ2n) is 17.4. The topological polar surface area (TPSA) is 221 Å². The van der Waals surface area contributed by atoms with Gasteiger partial charge in [-0.25, -0.2) is 23.0 Å². The van der Waals surface area contributed by atoms with E-state index in [9.17, 15) is 27.6 Å². The molecule has 0 aliphatic carbocycles. The zero-order valence-corrected chi connectivity index (χ0v) is 43.0. The number of nitrogens with one attached hydrogen (secondary N) is 2. The molecule has 5 aromatic carbocycles. The summed E-state index contributed by atoms with van der Waals surface area (Å²) < 4.78 is 38.8. The number of anilines is 1. The molecule has 73 heavy (non-hydrogen) atoms. The van der Waals surface area contributed by atoms with Crippen LogP contribution in [0.5, 0.6) is 0 Å². The van der Waals surface area contributed by atoms with Crippen LogP contribution in [0.1, 0.15) is 60.4 Å². The number of carbonyl (C=O) groups excluding carboxylic acids is 4. The SMILES string of the molecule is CC(C)(C)OC(=O)Nc1nc(/C(=N/OC(c2ccccc2)(c2ccccc2)c2ccccc2)C(=O)NC2C(=O)N3C(C(=O)OC(c4ccccc4)c4ccccc4)=C(S/C=C/C(N)=N/S(C)(=O)=O)CS[C@H]23)cs1. The maximum absolute atomic E-state index is 14.9. The molecule has 2 atom stereocenters. The van der Waals surface area contributed by atoms with Gasteiger partial charge in [0.15, 0.2) is 16.9 Å². The molecular weight excluding hydrogens is 1010 g/mol. The number of carbonyl (C=O) groups is 4. The molecule has 2 aliphatic rings. The predicted octanol–water partition coefficient (Wildman–Crippen LogP) is 8.71. The summed E-state index contributed by atoms with van der Waals surface area (Å²) in [5.41, 5.74) is 6.66. The Bertz CT molecular complexity index is 3070. The van der Waals surface area contributed by atoms with E-state index in [0.717, 1.165) is 29.4 Å². The van der Waals surface area contributed by atoms with Gasteiger partial charge in [-0.1, -0.05) is 169 Å². The lowest BCUT2D eigenvalue weighted by Gasteiger charge is -2.49. The van der Waals surface area contributed by atoms with E-state index in [1.54, 1.807) is 20.8 Å². The molecule has 20 heteroatoms. The van der Waals surface area contributed by atoms with Gasteiger partial charge in [-0.15, -0.1) is 27.5 Å². The summed E-state index contributed by atoms with van der Waals surface area (Å²) in [6.07, 6.45) is 0.540. The number of oxime groups is 1. The number of esters is 1. The summed E-state index contributed by atoms with van der Waals surface area (Å²) in [7, 11) is -3.80. The fourth-order valence-corrected chi connectivity index (χ4v) is 11.3. The van der Waals surface area contributed by atoms with Gasteiger partial charge in [-0.2, -0.15) is 0 Å². The van der Waals surface area contributed by atoms with Crippen LogP contribution in [-0.2, 0) is 44.3 Å². The lowest BCUT2D eigenvalue weighted by molar-refractivity contribution is -0.154. The number of thioether (sulfide) groups is 2. The van der Waals surface area contributed by atoms with E-state index in [1.807, 2.05) is 152 Å². The minimum Gasteiger partial charge on any atom is -0.448 e. The van der Waals surface area contributed by atoms with Gasteiger partial charge in [0.1, 0.15) is 34.2 Å². The molecule has 1 unspecified atom stereocenters. The zero-order valence-electron chi connectivity index (χ0n) is 39.8. The first-order valence-corrected chi connectivity index (χ1v) is 27.2. The third-order valence-corrected chi connectivity index (χ3v) is 14.6. The minimum absolute atomic E-state index is 0.0118. The number of aromatic nitrogens is 1. The predicted molar refractivity (Wildman–Crippen MR) is 285 cm³/mol. The number of benzene rings is 5. The standard InChI is InChI=1S/C53H49N7O9S4/c1-52(2,3)68-51(64)57-50-55-39(32-72-50)42(58-69-53(36-24-14-7-15-25-36,37-26-16-8-17-27-37)38-28-18-9-19-29-38)46(61)56-43-47(62)60-44(40(33-71-48(43)60)70-31-30-41(54)59-73(4,65)66)49(63)67-45(34-20-10-5-11-21-34)35-22-12-6-13-23-35/h5-32,43,45,48H,33H2,1-4H3,(H2,54,59)(H,56,61)(H,55,57,64)/b31-30+,58-42-/t43?,48-/m1/s1. The summed E-state index contributed by atoms with van der Waals surface area (Å²) >= 11 is 3.33. The van der Waals surface area contributed by atoms with Crippen molar-refractivity contribution in [1.29, 1.82) is 0 Å². The summed E-state index contributed by atoms with van der Waals surface area (Å²) in [5.74, 6) is -2.43. The second-order valence-corrected chi connectivity index (χ2v) is 22.0. The first kappa shape index (κ1) is 51.8. The molecule has 2 aliphatic heterocycles. The number of β-lactam (4-membered cyclic amide) rings is 1. The Kier molecular flexibility index (Phi) is 16.0. The number of sulfonamides is 1. The summed E-state index contributed by atoms with van der Waals surface area (Å²) in [6, 6.07) is 45.3. The highest BCUT2D eigenvalue weighted by atomic mass is 32.2. The van der Waals surface area contributed by atoms with Gasteiger partial charge in [0.2, 0.25) is 5.60 Å². The highest BCUT2D eigenvalue weighted by Crippen LogP contribution is 2.45. The molecule has 1 fully saturated rings. The molecule has 1 saturated heterocycles. The lowest BCUT2D eigenvalue weighted by Crippen LogP contribution is -2.71. The zero-order chi connectivity index (χ0) is 51.8. The van der Waals surface area contributed by atoms with Crippen molar-refractivity contribution in [2.45, 2.75) is 49.5 Å². The molecule has 6 aromatic rings. The fraction of sp³-hybridized carbons (Fsp3) is 0.189. The van der Waals surface area contributed by atoms with E-state index in [-0.39, 0.29) is 33.8 Å². The number of amides is 3. The fourth-order valence-electron chi connectivity index (χ4n) is 7.86. The van der Waals surface area contributed by atoms with Crippen molar-refractivity contribution in [3.8, 4) is 0 Å². The van der Waals surface area contributed by atoms with Crippen molar-refractivity contribution in [2.24, 2.45) is 15.3 Å². The largest absolute Gasteiger partial charge is 0.448 e. The van der Waals surface area contributed by atoms with Crippen molar-refractivity contribution in [2.75, 3.05) is 17.3 Å². The van der Waals surface area contributed by atoms with Gasteiger partial charge >= 0.3 is 12.1 Å². The number of rotatable bonds is 17. The molecule has 0 radical (unpaired) electrons. The van der Waals surface area contributed by atoms with E-state index in [1.165, 1.54) is 33.5 Å². The van der Waals surface area contributed by atoms with Gasteiger partial charge in [0.05, 0.1) is 6.26 Å². The number of amidine groups is 1. The van der Waals surface area contributed by atoms with Gasteiger partial charge < -0.3 is 25.4 Å². The van der Waals surface area contributed by atoms with Crippen LogP contribution in [-0.4, -0.2) is 82.8 Å². The summed E-state index contributed by atoms with van der Waals surface area (Å²) in [4.78, 5) is 70.0. The number of nitrogens with two attached hydrogens (primary N) is 1. The second kappa shape index (κ2) is 22.5. The minimum atomic E-state index is -3.80. The van der Waals surface area contributed by atoms with E-state index in [4.69, 9.17) is 20.0 Å². The molecule has 3 heterocycles. The number of ether oxygens (including phenoxy) is 2. The molecule has 8 rings (SSSR count). The quantitative estimate of drug-likeness (QED) is 0.0195. The molecule has 374 valence electrons. The highest BCUT2D eigenvalue weighted by molar-refractivity contribution is 8.08. The average Bonchev–Trinajstić information content (AvgIpc) is 3.83. The van der Waals surface area contributed by atoms with Gasteiger partial charge in [-0.05, 0) is 43.4 Å². The van der Waals surface area contributed by atoms with Crippen LogP contribution < -0.4 is 16.4 Å². The first-order valence-electron chi connectivity index (χ1n) is 22.6. The highest BCUT2D eigenvalue weighted by Gasteiger charge is 2.55. The van der Waals surface area contributed by atoms with Crippen molar-refractivity contribution in [3.05, 3.63) is 213 Å². The maximum Gasteiger partial charge on any atom is 0.413 e. The molecule has 4 N–H and O–H groups in total. The molecule has 0 spiro atoms. The van der Waals surface area contributed by atoms with Crippen LogP contribution in [0.25, 0.3) is 0 Å².